The number of nitrogens with one attached hydrogen (secondary N) is 1. The summed E-state index contributed by atoms with van der Waals surface area (Å²) in [6, 6.07) is 23.9. The number of aliphatic hydroxyl groups excluding tert-OH is 1. The van der Waals surface area contributed by atoms with Crippen LogP contribution in [0.15, 0.2) is 83.3 Å². The molecule has 2 N–H and O–H groups in total. The number of aliphatic hydroxyl groups is 1. The van der Waals surface area contributed by atoms with Crippen LogP contribution in [0.25, 0.3) is 11.0 Å². The predicted octanol–water partition coefficient (Wildman–Crippen LogP) is 4.73. The molecule has 0 radical (unpaired) electrons. The van der Waals surface area contributed by atoms with Gasteiger partial charge in [0.1, 0.15) is 24.3 Å². The second-order valence-electron chi connectivity index (χ2n) is 7.55. The molecule has 0 spiro atoms. The van der Waals surface area contributed by atoms with Crippen molar-refractivity contribution in [2.75, 3.05) is 6.61 Å². The number of hydrogen-bond acceptors (Lipinski definition) is 4. The molecule has 1 amide bonds. The van der Waals surface area contributed by atoms with Crippen LogP contribution in [0.3, 0.4) is 0 Å². The van der Waals surface area contributed by atoms with Crippen LogP contribution >= 0.6 is 15.9 Å². The standard InChI is InChI=1S/C25H24BrN3O3/c1-17(27-25(31)18-8-3-2-4-9-18)24-28-22-12-5-6-13-23(22)29(24)15-20(30)16-32-21-11-7-10-19(26)14-21/h2-14,17,20,30H,15-16H2,1H3,(H,27,31)/t17-,20+/m1/s1. The maximum Gasteiger partial charge on any atom is 0.251 e. The van der Waals surface area contributed by atoms with Crippen LogP contribution in [-0.4, -0.2) is 33.3 Å². The van der Waals surface area contributed by atoms with Gasteiger partial charge in [-0.05, 0) is 49.4 Å². The minimum atomic E-state index is -0.762. The molecule has 0 saturated heterocycles. The van der Waals surface area contributed by atoms with Gasteiger partial charge in [-0.25, -0.2) is 4.98 Å². The lowest BCUT2D eigenvalue weighted by Gasteiger charge is -2.19. The summed E-state index contributed by atoms with van der Waals surface area (Å²) in [4.78, 5) is 17.4. The molecule has 0 aliphatic heterocycles. The van der Waals surface area contributed by atoms with Crippen molar-refractivity contribution in [1.82, 2.24) is 14.9 Å². The van der Waals surface area contributed by atoms with Crippen LogP contribution < -0.4 is 10.1 Å². The Bertz CT molecular complexity index is 1210. The zero-order valence-electron chi connectivity index (χ0n) is 17.6. The number of imidazole rings is 1. The van der Waals surface area contributed by atoms with E-state index in [1.54, 1.807) is 12.1 Å². The van der Waals surface area contributed by atoms with Crippen molar-refractivity contribution in [3.8, 4) is 5.75 Å². The number of aromatic nitrogens is 2. The summed E-state index contributed by atoms with van der Waals surface area (Å²) >= 11 is 3.42. The van der Waals surface area contributed by atoms with E-state index in [4.69, 9.17) is 9.72 Å². The molecule has 1 heterocycles. The molecule has 3 aromatic carbocycles. The quantitative estimate of drug-likeness (QED) is 0.372. The van der Waals surface area contributed by atoms with Crippen molar-refractivity contribution in [1.29, 1.82) is 0 Å². The summed E-state index contributed by atoms with van der Waals surface area (Å²) in [7, 11) is 0. The largest absolute Gasteiger partial charge is 0.491 e. The Labute approximate surface area is 195 Å². The molecule has 6 nitrogen and oxygen atoms in total. The zero-order chi connectivity index (χ0) is 22.5. The molecule has 0 unspecified atom stereocenters. The molecule has 7 heteroatoms. The van der Waals surface area contributed by atoms with Gasteiger partial charge in [0.05, 0.1) is 23.6 Å². The first-order valence-electron chi connectivity index (χ1n) is 10.4. The fourth-order valence-electron chi connectivity index (χ4n) is 3.56. The first kappa shape index (κ1) is 22.0. The van der Waals surface area contributed by atoms with Gasteiger partial charge in [0.15, 0.2) is 0 Å². The van der Waals surface area contributed by atoms with Crippen molar-refractivity contribution in [3.05, 3.63) is 94.7 Å². The van der Waals surface area contributed by atoms with Gasteiger partial charge in [-0.2, -0.15) is 0 Å². The van der Waals surface area contributed by atoms with Crippen LogP contribution in [0.5, 0.6) is 5.75 Å². The van der Waals surface area contributed by atoms with Crippen molar-refractivity contribution < 1.29 is 14.6 Å². The predicted molar refractivity (Wildman–Crippen MR) is 128 cm³/mol. The van der Waals surface area contributed by atoms with Gasteiger partial charge < -0.3 is 19.7 Å². The number of rotatable bonds is 8. The minimum absolute atomic E-state index is 0.132. The van der Waals surface area contributed by atoms with E-state index in [9.17, 15) is 9.90 Å². The average Bonchev–Trinajstić information content (AvgIpc) is 3.17. The van der Waals surface area contributed by atoms with E-state index in [-0.39, 0.29) is 25.1 Å². The second kappa shape index (κ2) is 9.97. The van der Waals surface area contributed by atoms with Gasteiger partial charge in [-0.1, -0.05) is 52.3 Å². The van der Waals surface area contributed by atoms with E-state index >= 15 is 0 Å². The third-order valence-electron chi connectivity index (χ3n) is 5.09. The van der Waals surface area contributed by atoms with E-state index in [0.717, 1.165) is 15.5 Å². The number of amides is 1. The van der Waals surface area contributed by atoms with E-state index < -0.39 is 6.10 Å². The monoisotopic (exact) mass is 493 g/mol. The van der Waals surface area contributed by atoms with Crippen LogP contribution in [0.1, 0.15) is 29.1 Å². The third kappa shape index (κ3) is 5.18. The van der Waals surface area contributed by atoms with Gasteiger partial charge in [0.25, 0.3) is 5.91 Å². The zero-order valence-corrected chi connectivity index (χ0v) is 19.2. The summed E-state index contributed by atoms with van der Waals surface area (Å²) in [6.07, 6.45) is -0.762. The Balaban J connectivity index is 1.52. The van der Waals surface area contributed by atoms with E-state index in [0.29, 0.717) is 17.1 Å². The van der Waals surface area contributed by atoms with E-state index in [1.165, 1.54) is 0 Å². The van der Waals surface area contributed by atoms with Crippen molar-refractivity contribution >= 4 is 32.9 Å². The summed E-state index contributed by atoms with van der Waals surface area (Å²) in [5.74, 6) is 1.19. The first-order valence-corrected chi connectivity index (χ1v) is 11.2. The smallest absolute Gasteiger partial charge is 0.251 e. The highest BCUT2D eigenvalue weighted by atomic mass is 79.9. The number of nitrogens with zero attached hydrogens (tertiary/aromatic N) is 2. The number of halogens is 1. The highest BCUT2D eigenvalue weighted by Gasteiger charge is 2.21. The third-order valence-corrected chi connectivity index (χ3v) is 5.58. The Hall–Kier alpha value is -3.16. The minimum Gasteiger partial charge on any atom is -0.491 e. The number of carbonyl (C=O) groups excluding carboxylic acids is 1. The van der Waals surface area contributed by atoms with Crippen LogP contribution in [0.4, 0.5) is 0 Å². The van der Waals surface area contributed by atoms with Gasteiger partial charge in [-0.3, -0.25) is 4.79 Å². The highest BCUT2D eigenvalue weighted by molar-refractivity contribution is 9.10. The fraction of sp³-hybridized carbons (Fsp3) is 0.200. The molecule has 0 bridgehead atoms. The number of para-hydroxylation sites is 2. The Kier molecular flexibility index (Phi) is 6.87. The topological polar surface area (TPSA) is 76.4 Å². The molecule has 2 atom stereocenters. The molecule has 1 aromatic heterocycles. The van der Waals surface area contributed by atoms with Gasteiger partial charge in [0, 0.05) is 10.0 Å². The number of ether oxygens (including phenoxy) is 1. The molecule has 4 rings (SSSR count). The van der Waals surface area contributed by atoms with Crippen LogP contribution in [-0.2, 0) is 6.54 Å². The fourth-order valence-corrected chi connectivity index (χ4v) is 3.94. The Morgan fingerprint density at radius 3 is 2.62 bits per heavy atom. The molecule has 32 heavy (non-hydrogen) atoms. The summed E-state index contributed by atoms with van der Waals surface area (Å²) in [5.41, 5.74) is 2.29. The van der Waals surface area contributed by atoms with E-state index in [1.807, 2.05) is 78.2 Å². The first-order chi connectivity index (χ1) is 15.5. The highest BCUT2D eigenvalue weighted by Crippen LogP contribution is 2.22. The van der Waals surface area contributed by atoms with Crippen molar-refractivity contribution in [2.45, 2.75) is 25.6 Å². The lowest BCUT2D eigenvalue weighted by Crippen LogP contribution is -2.30. The number of carbonyl (C=O) groups is 1. The normalized spacial score (nSPS) is 13.0. The summed E-state index contributed by atoms with van der Waals surface area (Å²) in [5, 5.41) is 13.7. The van der Waals surface area contributed by atoms with Gasteiger partial charge >= 0.3 is 0 Å². The summed E-state index contributed by atoms with van der Waals surface area (Å²) < 4.78 is 8.61. The molecule has 0 fully saturated rings. The van der Waals surface area contributed by atoms with Gasteiger partial charge in [0.2, 0.25) is 0 Å². The summed E-state index contributed by atoms with van der Waals surface area (Å²) in [6.45, 7) is 2.31. The second-order valence-corrected chi connectivity index (χ2v) is 8.47. The lowest BCUT2D eigenvalue weighted by molar-refractivity contribution is 0.0906. The number of hydrogen-bond donors (Lipinski definition) is 2. The SMILES string of the molecule is C[C@@H](NC(=O)c1ccccc1)c1nc2ccccc2n1C[C@H](O)COc1cccc(Br)c1. The van der Waals surface area contributed by atoms with Crippen LogP contribution in [0.2, 0.25) is 0 Å². The Morgan fingerprint density at radius 2 is 1.84 bits per heavy atom. The molecule has 0 aliphatic carbocycles. The maximum atomic E-state index is 12.6. The van der Waals surface area contributed by atoms with Gasteiger partial charge in [-0.15, -0.1) is 0 Å². The van der Waals surface area contributed by atoms with Crippen molar-refractivity contribution in [2.24, 2.45) is 0 Å². The molecule has 0 saturated carbocycles. The maximum absolute atomic E-state index is 12.6. The Morgan fingerprint density at radius 1 is 1.09 bits per heavy atom. The molecule has 0 aliphatic rings. The van der Waals surface area contributed by atoms with Crippen LogP contribution in [0, 0.1) is 0 Å². The lowest BCUT2D eigenvalue weighted by atomic mass is 10.2. The molecular weight excluding hydrogens is 470 g/mol. The number of fused-ring (bicyclic) bond motifs is 1. The molecule has 164 valence electrons. The molecule has 4 aromatic rings. The molecular formula is C25H24BrN3O3. The van der Waals surface area contributed by atoms with E-state index in [2.05, 4.69) is 21.2 Å². The van der Waals surface area contributed by atoms with Crippen molar-refractivity contribution in [3.63, 3.8) is 0 Å². The average molecular weight is 494 g/mol. The number of benzene rings is 3.